The van der Waals surface area contributed by atoms with Gasteiger partial charge >= 0.3 is 5.97 Å². The number of hydrogen-bond acceptors (Lipinski definition) is 9. The summed E-state index contributed by atoms with van der Waals surface area (Å²) >= 11 is 0. The van der Waals surface area contributed by atoms with E-state index >= 15 is 0 Å². The van der Waals surface area contributed by atoms with Gasteiger partial charge in [-0.2, -0.15) is 5.26 Å². The summed E-state index contributed by atoms with van der Waals surface area (Å²) < 4.78 is 12.8. The third kappa shape index (κ3) is 7.66. The molecule has 0 saturated heterocycles. The first kappa shape index (κ1) is 31.9. The normalized spacial score (nSPS) is 12.7. The van der Waals surface area contributed by atoms with Crippen LogP contribution in [0.3, 0.4) is 0 Å². The predicted octanol–water partition coefficient (Wildman–Crippen LogP) is 4.58. The number of esters is 1. The topological polar surface area (TPSA) is 148 Å². The van der Waals surface area contributed by atoms with Gasteiger partial charge in [-0.25, -0.2) is 9.97 Å². The molecule has 1 amide bonds. The Hall–Kier alpha value is -5.05. The van der Waals surface area contributed by atoms with E-state index in [9.17, 15) is 14.9 Å². The second-order valence-electron chi connectivity index (χ2n) is 10.8. The molecule has 3 aromatic heterocycles. The summed E-state index contributed by atoms with van der Waals surface area (Å²) in [5.74, 6) is -0.205. The number of methoxy groups -OCH3 is 1. The molecular weight excluding hydrogens is 558 g/mol. The van der Waals surface area contributed by atoms with Crippen molar-refractivity contribution in [3.63, 3.8) is 0 Å². The highest BCUT2D eigenvalue weighted by Crippen LogP contribution is 2.35. The van der Waals surface area contributed by atoms with E-state index in [1.165, 1.54) is 6.08 Å². The number of nitriles is 1. The molecule has 0 saturated carbocycles. The molecule has 0 radical (unpaired) electrons. The van der Waals surface area contributed by atoms with Crippen LogP contribution in [-0.2, 0) is 21.1 Å². The van der Waals surface area contributed by atoms with Crippen molar-refractivity contribution in [1.82, 2.24) is 19.4 Å². The number of nitrogens with one attached hydrogen (secondary N) is 1. The van der Waals surface area contributed by atoms with Crippen LogP contribution < -0.4 is 15.8 Å². The highest BCUT2D eigenvalue weighted by Gasteiger charge is 2.22. The van der Waals surface area contributed by atoms with Crippen molar-refractivity contribution in [2.75, 3.05) is 33.1 Å². The first-order valence-corrected chi connectivity index (χ1v) is 14.2. The Morgan fingerprint density at radius 2 is 1.95 bits per heavy atom. The van der Waals surface area contributed by atoms with Crippen molar-refractivity contribution < 1.29 is 19.1 Å². The summed E-state index contributed by atoms with van der Waals surface area (Å²) in [7, 11) is 5.41. The molecule has 4 aromatic rings. The Morgan fingerprint density at radius 3 is 2.66 bits per heavy atom. The zero-order valence-electron chi connectivity index (χ0n) is 25.6. The van der Waals surface area contributed by atoms with Crippen LogP contribution in [0.4, 0.5) is 5.69 Å². The van der Waals surface area contributed by atoms with Gasteiger partial charge < -0.3 is 25.4 Å². The lowest BCUT2D eigenvalue weighted by Gasteiger charge is -2.17. The van der Waals surface area contributed by atoms with Crippen LogP contribution in [0.2, 0.25) is 0 Å². The maximum absolute atomic E-state index is 12.6. The zero-order valence-corrected chi connectivity index (χ0v) is 25.6. The maximum Gasteiger partial charge on any atom is 0.324 e. The summed E-state index contributed by atoms with van der Waals surface area (Å²) in [6.07, 6.45) is 9.14. The fraction of sp³-hybridized carbons (Fsp3) is 0.303. The molecule has 11 nitrogen and oxygen atoms in total. The van der Waals surface area contributed by atoms with Crippen molar-refractivity contribution in [3.8, 4) is 34.1 Å². The number of likely N-dealkylation sites (N-methyl/N-ethyl adjacent to an activating group) is 1. The minimum atomic E-state index is -0.731. The van der Waals surface area contributed by atoms with Gasteiger partial charge in [0.2, 0.25) is 5.91 Å². The van der Waals surface area contributed by atoms with Gasteiger partial charge in [-0.15, -0.1) is 0 Å². The number of pyridine rings is 2. The van der Waals surface area contributed by atoms with Crippen LogP contribution in [0, 0.1) is 17.2 Å². The van der Waals surface area contributed by atoms with Crippen LogP contribution in [0.25, 0.3) is 33.3 Å². The largest absolute Gasteiger partial charge is 0.497 e. The number of nitrogens with zero attached hydrogens (tertiary/aromatic N) is 5. The number of ether oxygens (including phenoxy) is 2. The number of nitrogens with two attached hydrogens (primary N) is 1. The van der Waals surface area contributed by atoms with E-state index in [1.807, 2.05) is 57.2 Å². The molecule has 0 spiro atoms. The first-order chi connectivity index (χ1) is 21.1. The number of rotatable bonds is 12. The number of amides is 1. The van der Waals surface area contributed by atoms with Gasteiger partial charge in [0, 0.05) is 59.5 Å². The third-order valence-corrected chi connectivity index (χ3v) is 7.26. The Labute approximate surface area is 256 Å². The Kier molecular flexibility index (Phi) is 10.4. The number of aromatic nitrogens is 3. The summed E-state index contributed by atoms with van der Waals surface area (Å²) in [5, 5.41) is 13.1. The lowest BCUT2D eigenvalue weighted by molar-refractivity contribution is -0.150. The molecule has 0 aliphatic carbocycles. The standard InChI is InChI=1S/C33H37N7O4/c1-6-21(2)31(35)33(42)44-20-40-19-29(22-9-10-36-26(12-22)17-34)28-15-24(18-37-32(28)40)23-13-25(16-27(14-23)43-5)38-30(41)8-7-11-39(3)4/h7-10,12-16,18-19,21,31H,6,11,20,35H2,1-5H3,(H,38,41)/b8-7+/t21-,31-/m0/s1. The molecule has 0 unspecified atom stereocenters. The number of fused-ring (bicyclic) bond motifs is 1. The average Bonchev–Trinajstić information content (AvgIpc) is 3.40. The van der Waals surface area contributed by atoms with E-state index in [0.717, 1.165) is 34.1 Å². The van der Waals surface area contributed by atoms with Gasteiger partial charge in [0.1, 0.15) is 29.2 Å². The van der Waals surface area contributed by atoms with Crippen LogP contribution in [-0.4, -0.2) is 65.1 Å². The molecule has 1 aromatic carbocycles. The number of benzene rings is 1. The van der Waals surface area contributed by atoms with Crippen molar-refractivity contribution >= 4 is 28.6 Å². The van der Waals surface area contributed by atoms with E-state index in [1.54, 1.807) is 48.3 Å². The third-order valence-electron chi connectivity index (χ3n) is 7.26. The SMILES string of the molecule is CC[C@H](C)[C@H](N)C(=O)OCn1cc(-c2ccnc(C#N)c2)c2cc(-c3cc(NC(=O)/C=C/CN(C)C)cc(OC)c3)cnc21. The molecule has 0 aliphatic heterocycles. The van der Waals surface area contributed by atoms with Gasteiger partial charge in [0.15, 0.2) is 6.73 Å². The quantitative estimate of drug-likeness (QED) is 0.177. The van der Waals surface area contributed by atoms with Crippen molar-refractivity contribution in [1.29, 1.82) is 5.26 Å². The smallest absolute Gasteiger partial charge is 0.324 e. The zero-order chi connectivity index (χ0) is 31.8. The van der Waals surface area contributed by atoms with E-state index in [0.29, 0.717) is 23.6 Å². The minimum absolute atomic E-state index is 0.0204. The summed E-state index contributed by atoms with van der Waals surface area (Å²) in [4.78, 5) is 36.0. The monoisotopic (exact) mass is 595 g/mol. The lowest BCUT2D eigenvalue weighted by Crippen LogP contribution is -2.38. The fourth-order valence-electron chi connectivity index (χ4n) is 4.54. The molecule has 228 valence electrons. The van der Waals surface area contributed by atoms with E-state index < -0.39 is 12.0 Å². The molecule has 44 heavy (non-hydrogen) atoms. The second-order valence-corrected chi connectivity index (χ2v) is 10.8. The van der Waals surface area contributed by atoms with Gasteiger partial charge in [-0.1, -0.05) is 26.3 Å². The highest BCUT2D eigenvalue weighted by molar-refractivity contribution is 6.00. The maximum atomic E-state index is 12.6. The molecule has 0 bridgehead atoms. The molecule has 11 heteroatoms. The molecular formula is C33H37N7O4. The lowest BCUT2D eigenvalue weighted by atomic mass is 10.0. The van der Waals surface area contributed by atoms with Crippen LogP contribution in [0.5, 0.6) is 5.75 Å². The number of carbonyl (C=O) groups is 2. The molecule has 4 rings (SSSR count). The summed E-state index contributed by atoms with van der Waals surface area (Å²) in [6, 6.07) is 12.3. The van der Waals surface area contributed by atoms with Gasteiger partial charge in [0.25, 0.3) is 0 Å². The Morgan fingerprint density at radius 1 is 1.16 bits per heavy atom. The van der Waals surface area contributed by atoms with Crippen molar-refractivity contribution in [2.45, 2.75) is 33.0 Å². The molecule has 3 heterocycles. The molecule has 3 N–H and O–H groups in total. The molecule has 0 fully saturated rings. The fourth-order valence-corrected chi connectivity index (χ4v) is 4.54. The summed E-state index contributed by atoms with van der Waals surface area (Å²) in [6.45, 7) is 4.43. The van der Waals surface area contributed by atoms with E-state index in [4.69, 9.17) is 20.2 Å². The number of hydrogen-bond donors (Lipinski definition) is 2. The van der Waals surface area contributed by atoms with Crippen LogP contribution >= 0.6 is 0 Å². The highest BCUT2D eigenvalue weighted by atomic mass is 16.5. The van der Waals surface area contributed by atoms with Gasteiger partial charge in [-0.3, -0.25) is 14.2 Å². The van der Waals surface area contributed by atoms with Crippen LogP contribution in [0.15, 0.2) is 67.1 Å². The van der Waals surface area contributed by atoms with Gasteiger partial charge in [-0.05, 0) is 61.5 Å². The van der Waals surface area contributed by atoms with Crippen LogP contribution in [0.1, 0.15) is 26.0 Å². The van der Waals surface area contributed by atoms with Crippen molar-refractivity contribution in [3.05, 3.63) is 72.8 Å². The first-order valence-electron chi connectivity index (χ1n) is 14.2. The Bertz CT molecular complexity index is 1720. The van der Waals surface area contributed by atoms with Gasteiger partial charge in [0.05, 0.1) is 7.11 Å². The Balaban J connectivity index is 1.74. The number of carbonyl (C=O) groups excluding carboxylic acids is 2. The predicted molar refractivity (Wildman–Crippen MR) is 170 cm³/mol. The molecule has 0 aliphatic rings. The second kappa shape index (κ2) is 14.4. The van der Waals surface area contributed by atoms with E-state index in [2.05, 4.69) is 16.4 Å². The average molecular weight is 596 g/mol. The van der Waals surface area contributed by atoms with E-state index in [-0.39, 0.29) is 24.2 Å². The molecule has 2 atom stereocenters. The number of anilines is 1. The minimum Gasteiger partial charge on any atom is -0.497 e. The summed E-state index contributed by atoms with van der Waals surface area (Å²) in [5.41, 5.74) is 10.6. The van der Waals surface area contributed by atoms with Crippen molar-refractivity contribution in [2.24, 2.45) is 11.7 Å².